The number of carbonyl (C=O) groups is 1. The molecule has 5 nitrogen and oxygen atoms in total. The Morgan fingerprint density at radius 1 is 1.07 bits per heavy atom. The molecule has 0 N–H and O–H groups in total. The van der Waals surface area contributed by atoms with Gasteiger partial charge >= 0.3 is 6.18 Å². The number of imidazole rings is 1. The van der Waals surface area contributed by atoms with Gasteiger partial charge in [0, 0.05) is 50.7 Å². The molecule has 0 aliphatic carbocycles. The van der Waals surface area contributed by atoms with Crippen LogP contribution in [0, 0.1) is 5.82 Å². The molecule has 2 aromatic heterocycles. The van der Waals surface area contributed by atoms with Gasteiger partial charge in [0.15, 0.2) is 0 Å². The highest BCUT2D eigenvalue weighted by Crippen LogP contribution is 2.32. The zero-order valence-electron chi connectivity index (χ0n) is 15.4. The van der Waals surface area contributed by atoms with Gasteiger partial charge in [-0.05, 0) is 30.3 Å². The number of carbonyl (C=O) groups excluding carboxylic acids is 1. The molecule has 1 aromatic carbocycles. The number of alkyl halides is 3. The van der Waals surface area contributed by atoms with E-state index in [4.69, 9.17) is 0 Å². The number of amides is 1. The van der Waals surface area contributed by atoms with Gasteiger partial charge in [-0.1, -0.05) is 6.07 Å². The van der Waals surface area contributed by atoms with Gasteiger partial charge in [-0.2, -0.15) is 13.2 Å². The number of halogens is 4. The zero-order valence-corrected chi connectivity index (χ0v) is 15.4. The van der Waals surface area contributed by atoms with Gasteiger partial charge in [-0.3, -0.25) is 9.69 Å². The van der Waals surface area contributed by atoms with Crippen LogP contribution in [-0.4, -0.2) is 51.3 Å². The molecule has 1 fully saturated rings. The van der Waals surface area contributed by atoms with Gasteiger partial charge in [-0.15, -0.1) is 0 Å². The van der Waals surface area contributed by atoms with Crippen LogP contribution in [0.4, 0.5) is 17.6 Å². The van der Waals surface area contributed by atoms with Crippen LogP contribution in [0.3, 0.4) is 0 Å². The highest BCUT2D eigenvalue weighted by molar-refractivity contribution is 5.94. The van der Waals surface area contributed by atoms with E-state index >= 15 is 0 Å². The Kier molecular flexibility index (Phi) is 4.99. The van der Waals surface area contributed by atoms with E-state index < -0.39 is 23.5 Å². The summed E-state index contributed by atoms with van der Waals surface area (Å²) in [5.74, 6) is -1.91. The number of aromatic nitrogens is 2. The lowest BCUT2D eigenvalue weighted by atomic mass is 10.1. The molecule has 1 saturated heterocycles. The largest absolute Gasteiger partial charge is 0.419 e. The van der Waals surface area contributed by atoms with E-state index in [-0.39, 0.29) is 5.56 Å². The highest BCUT2D eigenvalue weighted by atomic mass is 19.4. The van der Waals surface area contributed by atoms with Crippen LogP contribution < -0.4 is 0 Å². The molecule has 4 rings (SSSR count). The first-order valence-electron chi connectivity index (χ1n) is 9.12. The Morgan fingerprint density at radius 3 is 2.52 bits per heavy atom. The number of nitrogens with zero attached hydrogens (tertiary/aromatic N) is 4. The van der Waals surface area contributed by atoms with Crippen molar-refractivity contribution >= 4 is 11.6 Å². The molecule has 1 aliphatic heterocycles. The lowest BCUT2D eigenvalue weighted by molar-refractivity contribution is -0.140. The van der Waals surface area contributed by atoms with Crippen molar-refractivity contribution in [3.63, 3.8) is 0 Å². The van der Waals surface area contributed by atoms with Crippen molar-refractivity contribution in [1.82, 2.24) is 19.2 Å². The summed E-state index contributed by atoms with van der Waals surface area (Å²) in [6.45, 7) is 2.54. The van der Waals surface area contributed by atoms with Crippen LogP contribution >= 0.6 is 0 Å². The predicted molar refractivity (Wildman–Crippen MR) is 97.8 cm³/mol. The monoisotopic (exact) mass is 406 g/mol. The van der Waals surface area contributed by atoms with Crippen molar-refractivity contribution in [2.75, 3.05) is 26.2 Å². The summed E-state index contributed by atoms with van der Waals surface area (Å²) < 4.78 is 54.1. The van der Waals surface area contributed by atoms with Gasteiger partial charge in [0.25, 0.3) is 5.91 Å². The van der Waals surface area contributed by atoms with E-state index in [0.29, 0.717) is 44.9 Å². The fraction of sp³-hybridized carbons (Fsp3) is 0.300. The van der Waals surface area contributed by atoms with Gasteiger partial charge in [-0.25, -0.2) is 9.37 Å². The molecule has 152 valence electrons. The van der Waals surface area contributed by atoms with Gasteiger partial charge in [0.1, 0.15) is 11.5 Å². The third-order valence-electron chi connectivity index (χ3n) is 4.98. The minimum atomic E-state index is -4.84. The van der Waals surface area contributed by atoms with Crippen molar-refractivity contribution in [2.24, 2.45) is 0 Å². The average molecular weight is 406 g/mol. The fourth-order valence-electron chi connectivity index (χ4n) is 3.46. The maximum atomic E-state index is 13.4. The minimum Gasteiger partial charge on any atom is -0.336 e. The third kappa shape index (κ3) is 4.09. The van der Waals surface area contributed by atoms with E-state index in [0.717, 1.165) is 17.4 Å². The molecule has 1 aliphatic rings. The topological polar surface area (TPSA) is 40.9 Å². The molecular weight excluding hydrogens is 388 g/mol. The van der Waals surface area contributed by atoms with Gasteiger partial charge in [0.05, 0.1) is 11.3 Å². The predicted octanol–water partition coefficient (Wildman–Crippen LogP) is 3.45. The maximum absolute atomic E-state index is 13.4. The Labute approximate surface area is 164 Å². The van der Waals surface area contributed by atoms with E-state index in [9.17, 15) is 22.4 Å². The van der Waals surface area contributed by atoms with E-state index in [1.165, 1.54) is 4.90 Å². The van der Waals surface area contributed by atoms with Crippen molar-refractivity contribution < 1.29 is 22.4 Å². The second-order valence-electron chi connectivity index (χ2n) is 6.96. The number of hydrogen-bond acceptors (Lipinski definition) is 3. The molecule has 0 bridgehead atoms. The van der Waals surface area contributed by atoms with Crippen LogP contribution in [0.5, 0.6) is 0 Å². The van der Waals surface area contributed by atoms with Gasteiger partial charge < -0.3 is 9.30 Å². The lowest BCUT2D eigenvalue weighted by Gasteiger charge is -2.34. The summed E-state index contributed by atoms with van der Waals surface area (Å²) in [4.78, 5) is 20.8. The summed E-state index contributed by atoms with van der Waals surface area (Å²) in [5.41, 5.74) is 0.179. The number of hydrogen-bond donors (Lipinski definition) is 0. The van der Waals surface area contributed by atoms with E-state index in [1.807, 2.05) is 35.0 Å². The smallest absolute Gasteiger partial charge is 0.336 e. The molecule has 0 saturated carbocycles. The number of rotatable bonds is 3. The van der Waals surface area contributed by atoms with Crippen molar-refractivity contribution in [1.29, 1.82) is 0 Å². The highest BCUT2D eigenvalue weighted by Gasteiger charge is 2.35. The first-order valence-corrected chi connectivity index (χ1v) is 9.12. The Balaban J connectivity index is 1.39. The Bertz CT molecular complexity index is 1010. The molecule has 29 heavy (non-hydrogen) atoms. The molecule has 0 spiro atoms. The quantitative estimate of drug-likeness (QED) is 0.626. The van der Waals surface area contributed by atoms with Crippen molar-refractivity contribution in [3.8, 4) is 0 Å². The third-order valence-corrected chi connectivity index (χ3v) is 4.98. The molecule has 0 radical (unpaired) electrons. The molecule has 9 heteroatoms. The molecule has 0 atom stereocenters. The first-order chi connectivity index (χ1) is 13.8. The Hall–Kier alpha value is -2.94. The van der Waals surface area contributed by atoms with Crippen LogP contribution in [0.15, 0.2) is 48.8 Å². The SMILES string of the molecule is O=C(c1ccc(F)c(C(F)(F)F)c1)N1CCN(Cc2cn3ccccc3n2)CC1. The molecule has 3 aromatic rings. The average Bonchev–Trinajstić information content (AvgIpc) is 3.10. The molecule has 0 unspecified atom stereocenters. The van der Waals surface area contributed by atoms with Crippen molar-refractivity contribution in [2.45, 2.75) is 12.7 Å². The second-order valence-corrected chi connectivity index (χ2v) is 6.96. The fourth-order valence-corrected chi connectivity index (χ4v) is 3.46. The van der Waals surface area contributed by atoms with Crippen molar-refractivity contribution in [3.05, 3.63) is 71.4 Å². The first kappa shape index (κ1) is 19.4. The number of piperazine rings is 1. The van der Waals surface area contributed by atoms with Crippen LogP contribution in [0.25, 0.3) is 5.65 Å². The summed E-state index contributed by atoms with van der Waals surface area (Å²) >= 11 is 0. The standard InChI is InChI=1S/C20H18F4N4O/c21-17-5-4-14(11-16(17)20(22,23)24)19(29)27-9-7-26(8-10-27)12-15-13-28-6-2-1-3-18(28)25-15/h1-6,11,13H,7-10,12H2. The number of pyridine rings is 1. The number of fused-ring (bicyclic) bond motifs is 1. The summed E-state index contributed by atoms with van der Waals surface area (Å²) in [6.07, 6.45) is -0.975. The lowest BCUT2D eigenvalue weighted by Crippen LogP contribution is -2.48. The van der Waals surface area contributed by atoms with Crippen LogP contribution in [-0.2, 0) is 12.7 Å². The molecular formula is C20H18F4N4O. The van der Waals surface area contributed by atoms with Crippen LogP contribution in [0.2, 0.25) is 0 Å². The number of benzene rings is 1. The molecule has 3 heterocycles. The normalized spacial score (nSPS) is 15.8. The maximum Gasteiger partial charge on any atom is 0.419 e. The Morgan fingerprint density at radius 2 is 1.83 bits per heavy atom. The van der Waals surface area contributed by atoms with Crippen LogP contribution in [0.1, 0.15) is 21.6 Å². The summed E-state index contributed by atoms with van der Waals surface area (Å²) in [5, 5.41) is 0. The summed E-state index contributed by atoms with van der Waals surface area (Å²) in [6, 6.07) is 8.11. The second kappa shape index (κ2) is 7.47. The van der Waals surface area contributed by atoms with E-state index in [2.05, 4.69) is 9.88 Å². The zero-order chi connectivity index (χ0) is 20.6. The molecule has 1 amide bonds. The minimum absolute atomic E-state index is 0.160. The van der Waals surface area contributed by atoms with E-state index in [1.54, 1.807) is 0 Å². The summed E-state index contributed by atoms with van der Waals surface area (Å²) in [7, 11) is 0. The van der Waals surface area contributed by atoms with Gasteiger partial charge in [0.2, 0.25) is 0 Å².